The van der Waals surface area contributed by atoms with Gasteiger partial charge < -0.3 is 5.32 Å². The first kappa shape index (κ1) is 21.9. The lowest BCUT2D eigenvalue weighted by Crippen LogP contribution is -2.32. The topological polar surface area (TPSA) is 64.0 Å². The number of benzene rings is 1. The largest absolute Gasteiger partial charge is 0.351 e. The van der Waals surface area contributed by atoms with E-state index in [1.54, 1.807) is 16.7 Å². The molecule has 2 aromatic heterocycles. The van der Waals surface area contributed by atoms with Gasteiger partial charge in [-0.2, -0.15) is 0 Å². The molecule has 2 heterocycles. The van der Waals surface area contributed by atoms with E-state index in [0.717, 1.165) is 20.8 Å². The summed E-state index contributed by atoms with van der Waals surface area (Å²) in [4.78, 5) is 32.3. The molecule has 1 unspecified atom stereocenters. The quantitative estimate of drug-likeness (QED) is 0.419. The molecule has 154 valence electrons. The van der Waals surface area contributed by atoms with E-state index >= 15 is 0 Å². The number of amides is 1. The molecule has 0 bridgehead atoms. The van der Waals surface area contributed by atoms with Crippen molar-refractivity contribution in [3.8, 4) is 0 Å². The third-order valence-corrected chi connectivity index (χ3v) is 7.17. The van der Waals surface area contributed by atoms with E-state index in [4.69, 9.17) is 16.6 Å². The van der Waals surface area contributed by atoms with Gasteiger partial charge >= 0.3 is 0 Å². The summed E-state index contributed by atoms with van der Waals surface area (Å²) in [5.41, 5.74) is 1.92. The monoisotopic (exact) mass is 449 g/mol. The molecule has 1 atom stereocenters. The molecule has 0 aliphatic rings. The minimum absolute atomic E-state index is 0.0388. The van der Waals surface area contributed by atoms with Crippen LogP contribution in [0.15, 0.2) is 34.2 Å². The Labute approximate surface area is 183 Å². The van der Waals surface area contributed by atoms with Crippen LogP contribution >= 0.6 is 34.7 Å². The first-order valence-electron chi connectivity index (χ1n) is 9.40. The van der Waals surface area contributed by atoms with Crippen LogP contribution < -0.4 is 10.9 Å². The predicted molar refractivity (Wildman–Crippen MR) is 122 cm³/mol. The number of aromatic nitrogens is 2. The van der Waals surface area contributed by atoms with Crippen LogP contribution in [0.25, 0.3) is 10.2 Å². The second kappa shape index (κ2) is 8.90. The molecule has 0 spiro atoms. The molecule has 0 aliphatic heterocycles. The van der Waals surface area contributed by atoms with Crippen molar-refractivity contribution in [3.05, 3.63) is 55.6 Å². The lowest BCUT2D eigenvalue weighted by molar-refractivity contribution is -0.120. The molecule has 29 heavy (non-hydrogen) atoms. The van der Waals surface area contributed by atoms with Gasteiger partial charge in [0.15, 0.2) is 5.16 Å². The van der Waals surface area contributed by atoms with Crippen LogP contribution in [0.3, 0.4) is 0 Å². The fraction of sp³-hybridized carbons (Fsp3) is 0.381. The van der Waals surface area contributed by atoms with Gasteiger partial charge in [0.2, 0.25) is 5.91 Å². The van der Waals surface area contributed by atoms with Gasteiger partial charge in [-0.25, -0.2) is 4.98 Å². The summed E-state index contributed by atoms with van der Waals surface area (Å²) in [6.07, 6.45) is 0. The van der Waals surface area contributed by atoms with Crippen molar-refractivity contribution in [1.82, 2.24) is 14.9 Å². The Kier molecular flexibility index (Phi) is 6.71. The smallest absolute Gasteiger partial charge is 0.263 e. The summed E-state index contributed by atoms with van der Waals surface area (Å²) >= 11 is 8.73. The number of hydrogen-bond acceptors (Lipinski definition) is 5. The number of nitrogens with zero attached hydrogens (tertiary/aromatic N) is 2. The number of nitrogens with one attached hydrogen (secondary N) is 1. The van der Waals surface area contributed by atoms with Crippen LogP contribution in [-0.2, 0) is 11.3 Å². The Morgan fingerprint density at radius 2 is 1.90 bits per heavy atom. The first-order valence-corrected chi connectivity index (χ1v) is 11.5. The molecule has 5 nitrogen and oxygen atoms in total. The summed E-state index contributed by atoms with van der Waals surface area (Å²) in [6.45, 7) is 10.1. The van der Waals surface area contributed by atoms with Gasteiger partial charge in [-0.1, -0.05) is 35.5 Å². The van der Waals surface area contributed by atoms with Crippen LogP contribution in [0.4, 0.5) is 0 Å². The predicted octanol–water partition coefficient (Wildman–Crippen LogP) is 5.11. The van der Waals surface area contributed by atoms with Gasteiger partial charge in [0.1, 0.15) is 4.83 Å². The molecule has 8 heteroatoms. The number of aryl methyl sites for hydroxylation is 2. The fourth-order valence-corrected chi connectivity index (χ4v) is 5.23. The number of carbonyl (C=O) groups excluding carboxylic acids is 1. The van der Waals surface area contributed by atoms with Crippen LogP contribution in [0.5, 0.6) is 0 Å². The van der Waals surface area contributed by atoms with Crippen LogP contribution in [0.1, 0.15) is 42.8 Å². The molecule has 0 saturated heterocycles. The molecule has 0 radical (unpaired) electrons. The van der Waals surface area contributed by atoms with Crippen molar-refractivity contribution in [2.75, 3.05) is 0 Å². The maximum Gasteiger partial charge on any atom is 0.263 e. The van der Waals surface area contributed by atoms with Gasteiger partial charge in [0.25, 0.3) is 5.56 Å². The molecule has 3 rings (SSSR count). The van der Waals surface area contributed by atoms with Crippen molar-refractivity contribution in [2.24, 2.45) is 0 Å². The molecule has 0 aliphatic carbocycles. The van der Waals surface area contributed by atoms with E-state index in [-0.39, 0.29) is 22.8 Å². The summed E-state index contributed by atoms with van der Waals surface area (Å²) in [5.74, 6) is -0.104. The van der Waals surface area contributed by atoms with Gasteiger partial charge in [-0.3, -0.25) is 14.2 Å². The molecular formula is C21H24ClN3O2S2. The summed E-state index contributed by atoms with van der Waals surface area (Å²) in [5, 5.41) is 4.47. The molecule has 3 aromatic rings. The van der Waals surface area contributed by atoms with Gasteiger partial charge in [-0.15, -0.1) is 11.3 Å². The molecular weight excluding hydrogens is 426 g/mol. The Morgan fingerprint density at radius 3 is 2.52 bits per heavy atom. The number of thiophene rings is 1. The Morgan fingerprint density at radius 1 is 1.24 bits per heavy atom. The van der Waals surface area contributed by atoms with E-state index < -0.39 is 0 Å². The maximum absolute atomic E-state index is 13.1. The maximum atomic E-state index is 13.1. The summed E-state index contributed by atoms with van der Waals surface area (Å²) in [7, 11) is 0. The third kappa shape index (κ3) is 4.68. The average Bonchev–Trinajstić information content (AvgIpc) is 2.94. The molecule has 0 fully saturated rings. The lowest BCUT2D eigenvalue weighted by atomic mass is 10.2. The van der Waals surface area contributed by atoms with E-state index in [9.17, 15) is 9.59 Å². The zero-order valence-corrected chi connectivity index (χ0v) is 19.5. The molecule has 1 N–H and O–H groups in total. The van der Waals surface area contributed by atoms with Crippen LogP contribution in [0, 0.1) is 13.8 Å². The zero-order valence-electron chi connectivity index (χ0n) is 17.1. The van der Waals surface area contributed by atoms with E-state index in [1.165, 1.54) is 23.1 Å². The molecule has 0 saturated carbocycles. The average molecular weight is 450 g/mol. The van der Waals surface area contributed by atoms with E-state index in [1.807, 2.05) is 46.8 Å². The normalized spacial score (nSPS) is 12.5. The lowest BCUT2D eigenvalue weighted by Gasteiger charge is -2.18. The SMILES string of the molecule is Cc1sc2nc(SC(C)C(=O)NCc3ccc(Cl)cc3)n(C(C)C)c(=O)c2c1C. The molecule has 1 aromatic carbocycles. The second-order valence-corrected chi connectivity index (χ2v) is 10.2. The van der Waals surface area contributed by atoms with Gasteiger partial charge in [0.05, 0.1) is 10.6 Å². The standard InChI is InChI=1S/C21H24ClN3O2S2/c1-11(2)25-20(27)17-12(3)13(4)28-19(17)24-21(25)29-14(5)18(26)23-10-15-6-8-16(22)9-7-15/h6-9,11,14H,10H2,1-5H3,(H,23,26). The molecule has 1 amide bonds. The number of thioether (sulfide) groups is 1. The highest BCUT2D eigenvalue weighted by Crippen LogP contribution is 2.30. The van der Waals surface area contributed by atoms with Crippen molar-refractivity contribution in [2.45, 2.75) is 57.6 Å². The number of hydrogen-bond donors (Lipinski definition) is 1. The number of carbonyl (C=O) groups is 1. The van der Waals surface area contributed by atoms with Gasteiger partial charge in [-0.05, 0) is 57.9 Å². The minimum atomic E-state index is -0.390. The van der Waals surface area contributed by atoms with Crippen molar-refractivity contribution in [3.63, 3.8) is 0 Å². The van der Waals surface area contributed by atoms with Crippen molar-refractivity contribution in [1.29, 1.82) is 0 Å². The van der Waals surface area contributed by atoms with E-state index in [0.29, 0.717) is 22.1 Å². The zero-order chi connectivity index (χ0) is 21.3. The van der Waals surface area contributed by atoms with Crippen molar-refractivity contribution >= 4 is 50.8 Å². The summed E-state index contributed by atoms with van der Waals surface area (Å²) in [6, 6.07) is 7.31. The minimum Gasteiger partial charge on any atom is -0.351 e. The highest BCUT2D eigenvalue weighted by molar-refractivity contribution is 8.00. The number of fused-ring (bicyclic) bond motifs is 1. The third-order valence-electron chi connectivity index (χ3n) is 4.75. The van der Waals surface area contributed by atoms with Crippen molar-refractivity contribution < 1.29 is 4.79 Å². The first-order chi connectivity index (χ1) is 13.7. The fourth-order valence-electron chi connectivity index (χ4n) is 2.97. The Bertz CT molecular complexity index is 1100. The Hall–Kier alpha value is -1.83. The van der Waals surface area contributed by atoms with Gasteiger partial charge in [0, 0.05) is 22.5 Å². The second-order valence-electron chi connectivity index (χ2n) is 7.23. The Balaban J connectivity index is 1.82. The highest BCUT2D eigenvalue weighted by Gasteiger charge is 2.22. The number of halogens is 1. The van der Waals surface area contributed by atoms with E-state index in [2.05, 4.69) is 5.32 Å². The number of rotatable bonds is 6. The van der Waals surface area contributed by atoms with Crippen LogP contribution in [-0.4, -0.2) is 20.7 Å². The highest BCUT2D eigenvalue weighted by atomic mass is 35.5. The van der Waals surface area contributed by atoms with Crippen LogP contribution in [0.2, 0.25) is 5.02 Å². The summed E-state index contributed by atoms with van der Waals surface area (Å²) < 4.78 is 1.69.